The third-order valence-electron chi connectivity index (χ3n) is 3.71. The van der Waals surface area contributed by atoms with E-state index in [-0.39, 0.29) is 11.3 Å². The quantitative estimate of drug-likeness (QED) is 0.767. The van der Waals surface area contributed by atoms with E-state index in [0.717, 1.165) is 17.5 Å². The summed E-state index contributed by atoms with van der Waals surface area (Å²) >= 11 is 0. The molecule has 2 aromatic carbocycles. The normalized spacial score (nSPS) is 12.7. The van der Waals surface area contributed by atoms with Crippen molar-refractivity contribution in [2.75, 3.05) is 0 Å². The summed E-state index contributed by atoms with van der Waals surface area (Å²) in [5.74, 6) is -1.16. The molecule has 2 rings (SSSR count). The van der Waals surface area contributed by atoms with Crippen molar-refractivity contribution in [2.24, 2.45) is 0 Å². The van der Waals surface area contributed by atoms with Crippen LogP contribution in [0.25, 0.3) is 11.1 Å². The summed E-state index contributed by atoms with van der Waals surface area (Å²) in [4.78, 5) is 11.3. The van der Waals surface area contributed by atoms with Crippen molar-refractivity contribution in [3.05, 3.63) is 54.6 Å². The molecule has 2 N–H and O–H groups in total. The van der Waals surface area contributed by atoms with E-state index in [1.54, 1.807) is 12.1 Å². The van der Waals surface area contributed by atoms with Crippen molar-refractivity contribution in [3.8, 4) is 11.1 Å². The van der Waals surface area contributed by atoms with E-state index < -0.39 is 22.0 Å². The van der Waals surface area contributed by atoms with Gasteiger partial charge in [0.05, 0.1) is 4.90 Å². The van der Waals surface area contributed by atoms with E-state index in [4.69, 9.17) is 0 Å². The maximum Gasteiger partial charge on any atom is 0.321 e. The first-order valence-electron chi connectivity index (χ1n) is 7.84. The van der Waals surface area contributed by atoms with E-state index in [1.165, 1.54) is 12.1 Å². The molecule has 0 fully saturated rings. The maximum absolute atomic E-state index is 12.4. The average molecular weight is 347 g/mol. The van der Waals surface area contributed by atoms with Crippen LogP contribution in [0.5, 0.6) is 0 Å². The van der Waals surface area contributed by atoms with E-state index in [0.29, 0.717) is 6.42 Å². The van der Waals surface area contributed by atoms with E-state index in [2.05, 4.69) is 4.72 Å². The first-order valence-corrected chi connectivity index (χ1v) is 9.33. The predicted molar refractivity (Wildman–Crippen MR) is 93.1 cm³/mol. The van der Waals surface area contributed by atoms with E-state index in [9.17, 15) is 18.3 Å². The Hall–Kier alpha value is -2.18. The van der Waals surface area contributed by atoms with Crippen LogP contribution in [0.1, 0.15) is 26.2 Å². The molecule has 24 heavy (non-hydrogen) atoms. The van der Waals surface area contributed by atoms with Crippen LogP contribution in [0.15, 0.2) is 59.5 Å². The zero-order valence-corrected chi connectivity index (χ0v) is 14.3. The van der Waals surface area contributed by atoms with Crippen LogP contribution < -0.4 is 4.72 Å². The van der Waals surface area contributed by atoms with Gasteiger partial charge in [-0.15, -0.1) is 0 Å². The van der Waals surface area contributed by atoms with Gasteiger partial charge in [-0.2, -0.15) is 4.72 Å². The molecule has 0 aliphatic rings. The van der Waals surface area contributed by atoms with Crippen molar-refractivity contribution >= 4 is 16.0 Å². The van der Waals surface area contributed by atoms with Crippen molar-refractivity contribution in [1.29, 1.82) is 0 Å². The molecule has 128 valence electrons. The van der Waals surface area contributed by atoms with Gasteiger partial charge in [-0.05, 0) is 29.7 Å². The number of unbranched alkanes of at least 4 members (excludes halogenated alkanes) is 1. The largest absolute Gasteiger partial charge is 0.480 e. The number of carboxylic acids is 1. The Bertz CT molecular complexity index is 770. The van der Waals surface area contributed by atoms with Crippen LogP contribution in [0.4, 0.5) is 0 Å². The lowest BCUT2D eigenvalue weighted by Gasteiger charge is -2.14. The smallest absolute Gasteiger partial charge is 0.321 e. The van der Waals surface area contributed by atoms with Gasteiger partial charge in [-0.25, -0.2) is 8.42 Å². The Morgan fingerprint density at radius 3 is 2.17 bits per heavy atom. The van der Waals surface area contributed by atoms with Gasteiger partial charge < -0.3 is 5.11 Å². The summed E-state index contributed by atoms with van der Waals surface area (Å²) in [6.45, 7) is 1.93. The fourth-order valence-corrected chi connectivity index (χ4v) is 3.58. The molecule has 0 saturated carbocycles. The van der Waals surface area contributed by atoms with Crippen LogP contribution in [-0.4, -0.2) is 25.5 Å². The molecule has 0 radical (unpaired) electrons. The second kappa shape index (κ2) is 8.08. The minimum absolute atomic E-state index is 0.0601. The number of nitrogens with one attached hydrogen (secondary N) is 1. The van der Waals surface area contributed by atoms with Crippen LogP contribution in [0, 0.1) is 0 Å². The summed E-state index contributed by atoms with van der Waals surface area (Å²) in [7, 11) is -3.86. The zero-order valence-electron chi connectivity index (χ0n) is 13.5. The number of sulfonamides is 1. The van der Waals surface area contributed by atoms with Crippen molar-refractivity contribution in [1.82, 2.24) is 4.72 Å². The Labute approximate surface area is 142 Å². The van der Waals surface area contributed by atoms with E-state index >= 15 is 0 Å². The highest BCUT2D eigenvalue weighted by Crippen LogP contribution is 2.21. The molecule has 0 saturated heterocycles. The Morgan fingerprint density at radius 2 is 1.62 bits per heavy atom. The number of hydrogen-bond donors (Lipinski definition) is 2. The number of carbonyl (C=O) groups is 1. The Kier molecular flexibility index (Phi) is 6.11. The summed E-state index contributed by atoms with van der Waals surface area (Å²) < 4.78 is 27.0. The Balaban J connectivity index is 2.18. The second-order valence-electron chi connectivity index (χ2n) is 5.54. The minimum atomic E-state index is -3.86. The molecule has 5 nitrogen and oxygen atoms in total. The molecule has 0 bridgehead atoms. The molecule has 0 unspecified atom stereocenters. The van der Waals surface area contributed by atoms with Crippen molar-refractivity contribution < 1.29 is 18.3 Å². The van der Waals surface area contributed by atoms with Gasteiger partial charge in [0.1, 0.15) is 6.04 Å². The monoisotopic (exact) mass is 347 g/mol. The van der Waals surface area contributed by atoms with Crippen molar-refractivity contribution in [3.63, 3.8) is 0 Å². The molecule has 1 atom stereocenters. The third kappa shape index (κ3) is 4.66. The van der Waals surface area contributed by atoms with Gasteiger partial charge in [0, 0.05) is 0 Å². The molecular formula is C18H21NO4S. The molecule has 0 spiro atoms. The lowest BCUT2D eigenvalue weighted by Crippen LogP contribution is -2.40. The molecule has 0 amide bonds. The van der Waals surface area contributed by atoms with Crippen LogP contribution >= 0.6 is 0 Å². The molecule has 0 aliphatic carbocycles. The van der Waals surface area contributed by atoms with Gasteiger partial charge in [0.15, 0.2) is 0 Å². The van der Waals surface area contributed by atoms with Crippen LogP contribution in [0.3, 0.4) is 0 Å². The summed E-state index contributed by atoms with van der Waals surface area (Å²) in [6, 6.07) is 14.9. The molecule has 2 aromatic rings. The van der Waals surface area contributed by atoms with Crippen LogP contribution in [-0.2, 0) is 14.8 Å². The summed E-state index contributed by atoms with van der Waals surface area (Å²) in [5, 5.41) is 9.18. The van der Waals surface area contributed by atoms with Gasteiger partial charge in [0.25, 0.3) is 0 Å². The summed E-state index contributed by atoms with van der Waals surface area (Å²) in [5.41, 5.74) is 1.89. The highest BCUT2D eigenvalue weighted by molar-refractivity contribution is 7.89. The van der Waals surface area contributed by atoms with Gasteiger partial charge in [-0.3, -0.25) is 4.79 Å². The van der Waals surface area contributed by atoms with Gasteiger partial charge >= 0.3 is 5.97 Å². The Morgan fingerprint density at radius 1 is 1.04 bits per heavy atom. The average Bonchev–Trinajstić information content (AvgIpc) is 2.59. The van der Waals surface area contributed by atoms with Gasteiger partial charge in [-0.1, -0.05) is 62.2 Å². The second-order valence-corrected chi connectivity index (χ2v) is 7.26. The molecule has 0 heterocycles. The SMILES string of the molecule is CCCC[C@@H](NS(=O)(=O)c1ccc(-c2ccccc2)cc1)C(=O)O. The fourth-order valence-electron chi connectivity index (χ4n) is 2.35. The number of carboxylic acid groups (broad SMARTS) is 1. The summed E-state index contributed by atoms with van der Waals surface area (Å²) in [6.07, 6.45) is 1.72. The minimum Gasteiger partial charge on any atom is -0.480 e. The van der Waals surface area contributed by atoms with E-state index in [1.807, 2.05) is 37.3 Å². The van der Waals surface area contributed by atoms with Crippen molar-refractivity contribution in [2.45, 2.75) is 37.1 Å². The first kappa shape index (κ1) is 18.2. The maximum atomic E-state index is 12.4. The standard InChI is InChI=1S/C18H21NO4S/c1-2-3-9-17(18(20)21)19-24(22,23)16-12-10-15(11-13-16)14-7-5-4-6-8-14/h4-8,10-13,17,19H,2-3,9H2,1H3,(H,20,21)/t17-/m1/s1. The lowest BCUT2D eigenvalue weighted by atomic mass is 10.1. The number of benzene rings is 2. The fraction of sp³-hybridized carbons (Fsp3) is 0.278. The van der Waals surface area contributed by atoms with Crippen LogP contribution in [0.2, 0.25) is 0 Å². The lowest BCUT2D eigenvalue weighted by molar-refractivity contribution is -0.139. The molecular weight excluding hydrogens is 326 g/mol. The predicted octanol–water partition coefficient (Wildman–Crippen LogP) is 3.28. The molecule has 0 aromatic heterocycles. The molecule has 0 aliphatic heterocycles. The van der Waals surface area contributed by atoms with Gasteiger partial charge in [0.2, 0.25) is 10.0 Å². The topological polar surface area (TPSA) is 83.5 Å². The zero-order chi connectivity index (χ0) is 17.6. The number of rotatable bonds is 8. The third-order valence-corrected chi connectivity index (χ3v) is 5.20. The first-order chi connectivity index (χ1) is 11.4. The number of aliphatic carboxylic acids is 1. The highest BCUT2D eigenvalue weighted by atomic mass is 32.2. The highest BCUT2D eigenvalue weighted by Gasteiger charge is 2.24. The number of hydrogen-bond acceptors (Lipinski definition) is 3. The molecule has 6 heteroatoms.